The predicted octanol–water partition coefficient (Wildman–Crippen LogP) is 1.11. The van der Waals surface area contributed by atoms with Gasteiger partial charge in [-0.25, -0.2) is 9.78 Å². The van der Waals surface area contributed by atoms with Gasteiger partial charge in [-0.05, 0) is 43.5 Å². The van der Waals surface area contributed by atoms with E-state index < -0.39 is 5.69 Å². The third kappa shape index (κ3) is 3.49. The number of H-pyrrole nitrogens is 2. The molecule has 3 aromatic heterocycles. The van der Waals surface area contributed by atoms with Gasteiger partial charge < -0.3 is 15.4 Å². The zero-order chi connectivity index (χ0) is 20.0. The Morgan fingerprint density at radius 3 is 2.90 bits per heavy atom. The highest BCUT2D eigenvalue weighted by molar-refractivity contribution is 5.61. The standard InChI is InChI=1S/C20H19N7O2/c1-11-3-2-4-14(7-11)22-16-9-17(23-13-5-6-13)27-18(25-16)12(10-21-27)8-15-19(28)26-20(29)24-15/h2-4,7-10,13,22,28H,5-6H2,1H3,(H2,24,26,29)/b12-8+,23-17?. The molecule has 1 aromatic carbocycles. The zero-order valence-corrected chi connectivity index (χ0v) is 15.7. The molecule has 3 heterocycles. The fourth-order valence-corrected chi connectivity index (χ4v) is 3.13. The smallest absolute Gasteiger partial charge is 0.326 e. The van der Waals surface area contributed by atoms with E-state index in [9.17, 15) is 9.90 Å². The van der Waals surface area contributed by atoms with E-state index in [0.717, 1.165) is 24.1 Å². The topological polar surface area (TPSA) is 123 Å². The van der Waals surface area contributed by atoms with Crippen LogP contribution in [0.25, 0.3) is 11.7 Å². The first-order valence-electron chi connectivity index (χ1n) is 9.34. The summed E-state index contributed by atoms with van der Waals surface area (Å²) in [4.78, 5) is 25.7. The molecule has 146 valence electrons. The summed E-state index contributed by atoms with van der Waals surface area (Å²) in [7, 11) is 0. The van der Waals surface area contributed by atoms with Crippen LogP contribution in [-0.4, -0.2) is 35.7 Å². The quantitative estimate of drug-likeness (QED) is 0.416. The van der Waals surface area contributed by atoms with Crippen LogP contribution in [0, 0.1) is 6.92 Å². The number of rotatable bonds is 4. The molecular weight excluding hydrogens is 370 g/mol. The Balaban J connectivity index is 1.68. The number of nitrogens with one attached hydrogen (secondary N) is 3. The number of aryl methyl sites for hydroxylation is 1. The van der Waals surface area contributed by atoms with Crippen LogP contribution in [0.3, 0.4) is 0 Å². The van der Waals surface area contributed by atoms with Crippen molar-refractivity contribution >= 4 is 23.2 Å². The summed E-state index contributed by atoms with van der Waals surface area (Å²) in [5, 5.41) is 18.3. The second kappa shape index (κ2) is 6.62. The molecule has 9 nitrogen and oxygen atoms in total. The maximum Gasteiger partial charge on any atom is 0.326 e. The molecule has 4 N–H and O–H groups in total. The van der Waals surface area contributed by atoms with E-state index in [4.69, 9.17) is 9.98 Å². The molecule has 0 unspecified atom stereocenters. The van der Waals surface area contributed by atoms with Gasteiger partial charge in [-0.2, -0.15) is 9.61 Å². The number of anilines is 2. The van der Waals surface area contributed by atoms with E-state index in [1.807, 2.05) is 37.3 Å². The number of nitrogens with zero attached hydrogens (tertiary/aromatic N) is 4. The largest absolute Gasteiger partial charge is 0.493 e. The van der Waals surface area contributed by atoms with E-state index in [-0.39, 0.29) is 11.6 Å². The second-order valence-electron chi connectivity index (χ2n) is 7.18. The van der Waals surface area contributed by atoms with Gasteiger partial charge in [-0.1, -0.05) is 12.1 Å². The number of aromatic hydroxyl groups is 1. The minimum Gasteiger partial charge on any atom is -0.493 e. The highest BCUT2D eigenvalue weighted by Crippen LogP contribution is 2.22. The lowest BCUT2D eigenvalue weighted by Gasteiger charge is -2.07. The average Bonchev–Trinajstić information content (AvgIpc) is 3.31. The molecule has 9 heteroatoms. The van der Waals surface area contributed by atoms with Gasteiger partial charge in [0.05, 0.1) is 12.2 Å². The van der Waals surface area contributed by atoms with Crippen molar-refractivity contribution < 1.29 is 5.11 Å². The molecule has 0 atom stereocenters. The number of fused-ring (bicyclic) bond motifs is 1. The Morgan fingerprint density at radius 1 is 1.31 bits per heavy atom. The van der Waals surface area contributed by atoms with E-state index in [0.29, 0.717) is 28.2 Å². The molecule has 4 aromatic rings. The number of hydrogen-bond donors (Lipinski definition) is 4. The van der Waals surface area contributed by atoms with Gasteiger partial charge in [-0.3, -0.25) is 9.98 Å². The molecule has 0 aliphatic heterocycles. The molecule has 1 aliphatic rings. The number of aromatic amines is 2. The predicted molar refractivity (Wildman–Crippen MR) is 108 cm³/mol. The van der Waals surface area contributed by atoms with Crippen molar-refractivity contribution in [1.82, 2.24) is 24.6 Å². The van der Waals surface area contributed by atoms with Crippen molar-refractivity contribution in [3.63, 3.8) is 0 Å². The first kappa shape index (κ1) is 17.2. The molecular formula is C20H19N7O2. The first-order valence-corrected chi connectivity index (χ1v) is 9.34. The molecule has 0 radical (unpaired) electrons. The van der Waals surface area contributed by atoms with Crippen LogP contribution < -0.4 is 21.7 Å². The van der Waals surface area contributed by atoms with Gasteiger partial charge in [0.2, 0.25) is 5.88 Å². The Labute approximate surface area is 164 Å². The minimum absolute atomic E-state index is 0.230. The molecule has 5 rings (SSSR count). The fourth-order valence-electron chi connectivity index (χ4n) is 3.13. The van der Waals surface area contributed by atoms with Crippen molar-refractivity contribution in [3.05, 3.63) is 69.0 Å². The summed E-state index contributed by atoms with van der Waals surface area (Å²) in [6, 6.07) is 10.2. The Bertz CT molecular complexity index is 1390. The van der Waals surface area contributed by atoms with Crippen LogP contribution in [-0.2, 0) is 0 Å². The molecule has 1 saturated carbocycles. The molecule has 0 amide bonds. The van der Waals surface area contributed by atoms with Crippen molar-refractivity contribution in [1.29, 1.82) is 0 Å². The van der Waals surface area contributed by atoms with Crippen LogP contribution >= 0.6 is 0 Å². The van der Waals surface area contributed by atoms with Gasteiger partial charge in [0.25, 0.3) is 0 Å². The van der Waals surface area contributed by atoms with Gasteiger partial charge in [-0.15, -0.1) is 0 Å². The summed E-state index contributed by atoms with van der Waals surface area (Å²) in [5.41, 5.74) is 3.14. The first-order chi connectivity index (χ1) is 14.0. The fraction of sp³-hybridized carbons (Fsp3) is 0.200. The lowest BCUT2D eigenvalue weighted by Crippen LogP contribution is -2.19. The number of hydrogen-bond acceptors (Lipinski definition) is 6. The van der Waals surface area contributed by atoms with Crippen molar-refractivity contribution in [3.8, 4) is 5.88 Å². The molecule has 0 saturated heterocycles. The summed E-state index contributed by atoms with van der Waals surface area (Å²) < 4.78 is 1.67. The van der Waals surface area contributed by atoms with Gasteiger partial charge in [0, 0.05) is 17.0 Å². The normalized spacial score (nSPS) is 15.3. The lowest BCUT2D eigenvalue weighted by atomic mass is 10.2. The highest BCUT2D eigenvalue weighted by Gasteiger charge is 2.20. The Kier molecular flexibility index (Phi) is 3.94. The summed E-state index contributed by atoms with van der Waals surface area (Å²) in [6.45, 7) is 2.03. The molecule has 1 fully saturated rings. The summed E-state index contributed by atoms with van der Waals surface area (Å²) in [6.07, 6.45) is 5.40. The van der Waals surface area contributed by atoms with E-state index in [1.165, 1.54) is 0 Å². The van der Waals surface area contributed by atoms with Crippen LogP contribution in [0.2, 0.25) is 0 Å². The number of imidazole rings is 1. The number of aromatic nitrogens is 5. The third-order valence-electron chi connectivity index (χ3n) is 4.67. The molecule has 0 spiro atoms. The van der Waals surface area contributed by atoms with Crippen LogP contribution in [0.5, 0.6) is 5.88 Å². The summed E-state index contributed by atoms with van der Waals surface area (Å²) in [5.74, 6) is 0.413. The average molecular weight is 389 g/mol. The zero-order valence-electron chi connectivity index (χ0n) is 15.7. The van der Waals surface area contributed by atoms with Crippen molar-refractivity contribution in [2.75, 3.05) is 5.32 Å². The van der Waals surface area contributed by atoms with Gasteiger partial charge >= 0.3 is 5.69 Å². The second-order valence-corrected chi connectivity index (χ2v) is 7.18. The Morgan fingerprint density at radius 2 is 2.17 bits per heavy atom. The van der Waals surface area contributed by atoms with E-state index >= 15 is 0 Å². The van der Waals surface area contributed by atoms with Crippen LogP contribution in [0.15, 0.2) is 46.3 Å². The Hall–Kier alpha value is -3.88. The molecule has 0 bridgehead atoms. The number of benzene rings is 1. The van der Waals surface area contributed by atoms with Crippen LogP contribution in [0.4, 0.5) is 11.5 Å². The van der Waals surface area contributed by atoms with E-state index in [1.54, 1.807) is 16.8 Å². The highest BCUT2D eigenvalue weighted by atomic mass is 16.3. The van der Waals surface area contributed by atoms with Crippen molar-refractivity contribution in [2.45, 2.75) is 25.8 Å². The van der Waals surface area contributed by atoms with Gasteiger partial charge in [0.15, 0.2) is 11.1 Å². The SMILES string of the molecule is Cc1cccc(Nc2cc(=NC3CC3)n3nc/c(=C\c4[nH]c(=O)[nH]c4O)c3n2)c1. The summed E-state index contributed by atoms with van der Waals surface area (Å²) >= 11 is 0. The maximum absolute atomic E-state index is 11.4. The third-order valence-corrected chi connectivity index (χ3v) is 4.67. The van der Waals surface area contributed by atoms with Crippen molar-refractivity contribution in [2.24, 2.45) is 4.99 Å². The molecule has 1 aliphatic carbocycles. The van der Waals surface area contributed by atoms with E-state index in [2.05, 4.69) is 20.4 Å². The van der Waals surface area contributed by atoms with Gasteiger partial charge in [0.1, 0.15) is 11.5 Å². The minimum atomic E-state index is -0.482. The monoisotopic (exact) mass is 389 g/mol. The maximum atomic E-state index is 11.4. The van der Waals surface area contributed by atoms with Crippen LogP contribution in [0.1, 0.15) is 24.1 Å². The lowest BCUT2D eigenvalue weighted by molar-refractivity contribution is 0.454. The molecule has 29 heavy (non-hydrogen) atoms.